The first kappa shape index (κ1) is 19.3. The lowest BCUT2D eigenvalue weighted by Crippen LogP contribution is -2.33. The highest BCUT2D eigenvalue weighted by atomic mass is 32.2. The third kappa shape index (κ3) is 4.07. The quantitative estimate of drug-likeness (QED) is 0.670. The van der Waals surface area contributed by atoms with Gasteiger partial charge in [-0.15, -0.1) is 5.10 Å². The van der Waals surface area contributed by atoms with Crippen molar-refractivity contribution in [3.63, 3.8) is 0 Å². The summed E-state index contributed by atoms with van der Waals surface area (Å²) in [5, 5.41) is 7.19. The molecule has 29 heavy (non-hydrogen) atoms. The van der Waals surface area contributed by atoms with Crippen LogP contribution in [0.15, 0.2) is 36.7 Å². The molecule has 4 rings (SSSR count). The Morgan fingerprint density at radius 1 is 1.31 bits per heavy atom. The van der Waals surface area contributed by atoms with Crippen LogP contribution in [0.2, 0.25) is 0 Å². The van der Waals surface area contributed by atoms with E-state index < -0.39 is 21.8 Å². The van der Waals surface area contributed by atoms with Gasteiger partial charge in [0.25, 0.3) is 0 Å². The third-order valence-corrected chi connectivity index (χ3v) is 6.75. The molecule has 1 unspecified atom stereocenters. The monoisotopic (exact) mass is 415 g/mol. The van der Waals surface area contributed by atoms with Gasteiger partial charge in [0, 0.05) is 11.6 Å². The Labute approximate surface area is 168 Å². The topological polar surface area (TPSA) is 116 Å². The summed E-state index contributed by atoms with van der Waals surface area (Å²) in [6.45, 7) is 1.77. The van der Waals surface area contributed by atoms with Gasteiger partial charge in [-0.2, -0.15) is 0 Å². The van der Waals surface area contributed by atoms with Crippen molar-refractivity contribution >= 4 is 21.4 Å². The maximum atomic E-state index is 12.4. The van der Waals surface area contributed by atoms with Crippen LogP contribution in [0.4, 0.5) is 0 Å². The molecule has 0 radical (unpaired) electrons. The number of methoxy groups -OCH3 is 1. The van der Waals surface area contributed by atoms with Gasteiger partial charge in [-0.25, -0.2) is 22.9 Å². The average molecular weight is 415 g/mol. The number of ether oxygens (including phenoxy) is 1. The molecular weight excluding hydrogens is 394 g/mol. The van der Waals surface area contributed by atoms with Crippen LogP contribution in [-0.2, 0) is 14.6 Å². The molecule has 1 N–H and O–H groups in total. The van der Waals surface area contributed by atoms with Gasteiger partial charge in [-0.1, -0.05) is 0 Å². The van der Waals surface area contributed by atoms with Crippen LogP contribution in [-0.4, -0.2) is 52.5 Å². The highest BCUT2D eigenvalue weighted by Crippen LogP contribution is 2.22. The Morgan fingerprint density at radius 3 is 2.72 bits per heavy atom. The fraction of sp³-hybridized carbons (Fsp3) is 0.368. The fourth-order valence-corrected chi connectivity index (χ4v) is 5.05. The molecule has 1 aromatic carbocycles. The number of amides is 1. The molecule has 9 nitrogen and oxygen atoms in total. The number of aromatic nitrogens is 4. The van der Waals surface area contributed by atoms with E-state index in [0.717, 1.165) is 17.0 Å². The minimum atomic E-state index is -3.11. The summed E-state index contributed by atoms with van der Waals surface area (Å²) in [7, 11) is -1.50. The summed E-state index contributed by atoms with van der Waals surface area (Å²) < 4.78 is 29.9. The molecule has 1 aliphatic rings. The van der Waals surface area contributed by atoms with Gasteiger partial charge in [0.15, 0.2) is 21.3 Å². The summed E-state index contributed by atoms with van der Waals surface area (Å²) in [4.78, 5) is 21.3. The molecule has 1 amide bonds. The van der Waals surface area contributed by atoms with E-state index in [1.54, 1.807) is 24.9 Å². The molecular formula is C19H21N5O4S. The van der Waals surface area contributed by atoms with Crippen molar-refractivity contribution in [3.8, 4) is 17.0 Å². The number of sulfone groups is 1. The third-order valence-electron chi connectivity index (χ3n) is 4.98. The van der Waals surface area contributed by atoms with Crippen LogP contribution >= 0.6 is 0 Å². The van der Waals surface area contributed by atoms with Crippen molar-refractivity contribution in [2.24, 2.45) is 5.92 Å². The smallest absolute Gasteiger partial charge is 0.224 e. The van der Waals surface area contributed by atoms with Gasteiger partial charge in [0.05, 0.1) is 36.3 Å². The van der Waals surface area contributed by atoms with Crippen LogP contribution in [0.5, 0.6) is 5.75 Å². The molecule has 0 saturated carbocycles. The Hall–Kier alpha value is -3.01. The largest absolute Gasteiger partial charge is 0.497 e. The van der Waals surface area contributed by atoms with Crippen molar-refractivity contribution in [1.29, 1.82) is 0 Å². The minimum Gasteiger partial charge on any atom is -0.497 e. The molecule has 0 aliphatic carbocycles. The number of fused-ring (bicyclic) bond motifs is 1. The molecule has 2 atom stereocenters. The van der Waals surface area contributed by atoms with Crippen LogP contribution < -0.4 is 10.1 Å². The molecule has 0 bridgehead atoms. The van der Waals surface area contributed by atoms with Crippen molar-refractivity contribution in [2.75, 3.05) is 18.6 Å². The molecule has 1 aliphatic heterocycles. The zero-order valence-electron chi connectivity index (χ0n) is 16.1. The van der Waals surface area contributed by atoms with E-state index in [4.69, 9.17) is 4.74 Å². The number of nitrogens with one attached hydrogen (secondary N) is 1. The number of nitrogens with zero attached hydrogens (tertiary/aromatic N) is 4. The van der Waals surface area contributed by atoms with E-state index in [1.807, 2.05) is 30.3 Å². The zero-order chi connectivity index (χ0) is 20.6. The Kier molecular flexibility index (Phi) is 4.95. The van der Waals surface area contributed by atoms with Gasteiger partial charge in [-0.05, 0) is 37.6 Å². The lowest BCUT2D eigenvalue weighted by molar-refractivity contribution is -0.124. The summed E-state index contributed by atoms with van der Waals surface area (Å²) in [6.07, 6.45) is 1.93. The van der Waals surface area contributed by atoms with Crippen molar-refractivity contribution in [2.45, 2.75) is 19.4 Å². The molecule has 10 heteroatoms. The molecule has 152 valence electrons. The molecule has 1 saturated heterocycles. The van der Waals surface area contributed by atoms with Gasteiger partial charge in [-0.3, -0.25) is 4.79 Å². The molecule has 1 fully saturated rings. The first-order valence-electron chi connectivity index (χ1n) is 9.22. The number of carbonyl (C=O) groups is 1. The van der Waals surface area contributed by atoms with Gasteiger partial charge in [0.2, 0.25) is 5.91 Å². The summed E-state index contributed by atoms with van der Waals surface area (Å²) in [5.74, 6) is 0.370. The van der Waals surface area contributed by atoms with Crippen LogP contribution in [0.25, 0.3) is 16.9 Å². The second-order valence-electron chi connectivity index (χ2n) is 7.11. The van der Waals surface area contributed by atoms with E-state index >= 15 is 0 Å². The van der Waals surface area contributed by atoms with Crippen LogP contribution in [0.1, 0.15) is 25.2 Å². The summed E-state index contributed by atoms with van der Waals surface area (Å²) >= 11 is 0. The highest BCUT2D eigenvalue weighted by molar-refractivity contribution is 7.91. The zero-order valence-corrected chi connectivity index (χ0v) is 16.9. The maximum Gasteiger partial charge on any atom is 0.224 e. The Balaban J connectivity index is 1.51. The SMILES string of the molecule is COc1ccc(-c2cc3nc([C@@H](C)NC(=O)C4CCS(=O)(=O)C4)nn3cn2)cc1. The van der Waals surface area contributed by atoms with Crippen LogP contribution in [0, 0.1) is 5.92 Å². The van der Waals surface area contributed by atoms with E-state index in [0.29, 0.717) is 17.9 Å². The standard InChI is InChI=1S/C19H21N5O4S/c1-12(21-19(25)14-7-8-29(26,27)10-14)18-22-17-9-16(20-11-24(17)23-18)13-3-5-15(28-2)6-4-13/h3-6,9,11-12,14H,7-8,10H2,1-2H3,(H,21,25)/t12-,14?/m1/s1. The molecule has 3 aromatic rings. The predicted molar refractivity (Wildman–Crippen MR) is 106 cm³/mol. The second kappa shape index (κ2) is 7.43. The van der Waals surface area contributed by atoms with Gasteiger partial charge < -0.3 is 10.1 Å². The Morgan fingerprint density at radius 2 is 2.07 bits per heavy atom. The molecule has 2 aromatic heterocycles. The maximum absolute atomic E-state index is 12.4. The van der Waals surface area contributed by atoms with Crippen molar-refractivity contribution < 1.29 is 17.9 Å². The number of rotatable bonds is 5. The number of hydrogen-bond donors (Lipinski definition) is 1. The normalized spacial score (nSPS) is 19.2. The lowest BCUT2D eigenvalue weighted by Gasteiger charge is -2.13. The van der Waals surface area contributed by atoms with E-state index in [9.17, 15) is 13.2 Å². The number of hydrogen-bond acceptors (Lipinski definition) is 7. The summed E-state index contributed by atoms with van der Waals surface area (Å²) in [6, 6.07) is 8.90. The second-order valence-corrected chi connectivity index (χ2v) is 9.33. The van der Waals surface area contributed by atoms with Crippen LogP contribution in [0.3, 0.4) is 0 Å². The average Bonchev–Trinajstić information content (AvgIpc) is 3.30. The molecule has 0 spiro atoms. The van der Waals surface area contributed by atoms with Gasteiger partial charge in [0.1, 0.15) is 12.1 Å². The molecule has 3 heterocycles. The predicted octanol–water partition coefficient (Wildman–Crippen LogP) is 1.41. The van der Waals surface area contributed by atoms with Crippen molar-refractivity contribution in [1.82, 2.24) is 24.9 Å². The van der Waals surface area contributed by atoms with Gasteiger partial charge >= 0.3 is 0 Å². The first-order chi connectivity index (χ1) is 13.8. The minimum absolute atomic E-state index is 0.0614. The Bertz CT molecular complexity index is 1160. The van der Waals surface area contributed by atoms with E-state index in [1.165, 1.54) is 0 Å². The first-order valence-corrected chi connectivity index (χ1v) is 11.0. The number of carbonyl (C=O) groups excluding carboxylic acids is 1. The van der Waals surface area contributed by atoms with E-state index in [-0.39, 0.29) is 17.4 Å². The fourth-order valence-electron chi connectivity index (χ4n) is 3.31. The highest BCUT2D eigenvalue weighted by Gasteiger charge is 2.33. The lowest BCUT2D eigenvalue weighted by atomic mass is 10.1. The van der Waals surface area contributed by atoms with Crippen molar-refractivity contribution in [3.05, 3.63) is 42.5 Å². The van der Waals surface area contributed by atoms with E-state index in [2.05, 4.69) is 20.4 Å². The summed E-state index contributed by atoms with van der Waals surface area (Å²) in [5.41, 5.74) is 2.26. The number of benzene rings is 1.